The van der Waals surface area contributed by atoms with Crippen LogP contribution in [0.15, 0.2) is 48.5 Å². The Hall–Kier alpha value is -1.89. The molecule has 1 unspecified atom stereocenters. The summed E-state index contributed by atoms with van der Waals surface area (Å²) in [5, 5.41) is 2.73. The number of pyridine rings is 1. The van der Waals surface area contributed by atoms with E-state index in [1.165, 1.54) is 68.6 Å². The fourth-order valence-corrected chi connectivity index (χ4v) is 4.20. The van der Waals surface area contributed by atoms with E-state index >= 15 is 0 Å². The van der Waals surface area contributed by atoms with Crippen molar-refractivity contribution in [2.24, 2.45) is 0 Å². The first-order valence-electron chi connectivity index (χ1n) is 10.6. The van der Waals surface area contributed by atoms with Crippen LogP contribution in [0.1, 0.15) is 83.1 Å². The highest BCUT2D eigenvalue weighted by Crippen LogP contribution is 2.37. The van der Waals surface area contributed by atoms with E-state index in [1.807, 2.05) is 0 Å². The minimum atomic E-state index is 0.649. The monoisotopic (exact) mass is 347 g/mol. The SMILES string of the molecule is CCCCCCC(CCCCC)c1c2ccccc2nc2ccccc12. The molecular weight excluding hydrogens is 314 g/mol. The second-order valence-corrected chi connectivity index (χ2v) is 7.60. The van der Waals surface area contributed by atoms with E-state index in [4.69, 9.17) is 4.98 Å². The summed E-state index contributed by atoms with van der Waals surface area (Å²) >= 11 is 0. The van der Waals surface area contributed by atoms with Gasteiger partial charge in [0.15, 0.2) is 0 Å². The van der Waals surface area contributed by atoms with Crippen LogP contribution in [0.25, 0.3) is 21.8 Å². The first-order valence-corrected chi connectivity index (χ1v) is 10.6. The van der Waals surface area contributed by atoms with E-state index in [0.717, 1.165) is 11.0 Å². The smallest absolute Gasteiger partial charge is 0.0712 e. The molecule has 0 saturated heterocycles. The lowest BCUT2D eigenvalue weighted by Crippen LogP contribution is -2.03. The van der Waals surface area contributed by atoms with E-state index in [1.54, 1.807) is 5.56 Å². The summed E-state index contributed by atoms with van der Waals surface area (Å²) in [5.74, 6) is 0.649. The summed E-state index contributed by atoms with van der Waals surface area (Å²) in [7, 11) is 0. The number of unbranched alkanes of at least 4 members (excludes halogenated alkanes) is 5. The molecule has 0 saturated carbocycles. The van der Waals surface area contributed by atoms with Gasteiger partial charge in [0.2, 0.25) is 0 Å². The predicted molar refractivity (Wildman–Crippen MR) is 115 cm³/mol. The molecule has 1 aromatic heterocycles. The number of aromatic nitrogens is 1. The van der Waals surface area contributed by atoms with Crippen molar-refractivity contribution in [2.45, 2.75) is 77.6 Å². The Bertz CT molecular complexity index is 767. The van der Waals surface area contributed by atoms with Gasteiger partial charge in [0.05, 0.1) is 11.0 Å². The van der Waals surface area contributed by atoms with Crippen molar-refractivity contribution < 1.29 is 0 Å². The third-order valence-electron chi connectivity index (χ3n) is 5.60. The zero-order chi connectivity index (χ0) is 18.2. The standard InChI is InChI=1S/C25H33N/c1-3-5-7-9-15-20(14-8-6-4-2)25-21-16-10-12-18-23(21)26-24-19-13-11-17-22(24)25/h10-13,16-20H,3-9,14-15H2,1-2H3. The van der Waals surface area contributed by atoms with Gasteiger partial charge in [0, 0.05) is 10.8 Å². The summed E-state index contributed by atoms with van der Waals surface area (Å²) in [5.41, 5.74) is 3.85. The number of hydrogen-bond donors (Lipinski definition) is 0. The lowest BCUT2D eigenvalue weighted by atomic mass is 9.84. The average Bonchev–Trinajstić information content (AvgIpc) is 2.68. The summed E-state index contributed by atoms with van der Waals surface area (Å²) in [6.07, 6.45) is 11.9. The molecule has 0 aliphatic carbocycles. The Morgan fingerprint density at radius 1 is 0.654 bits per heavy atom. The van der Waals surface area contributed by atoms with Gasteiger partial charge < -0.3 is 0 Å². The summed E-state index contributed by atoms with van der Waals surface area (Å²) in [4.78, 5) is 4.93. The molecule has 2 aromatic carbocycles. The highest BCUT2D eigenvalue weighted by molar-refractivity contribution is 5.97. The largest absolute Gasteiger partial charge is 0.248 e. The van der Waals surface area contributed by atoms with Crippen molar-refractivity contribution in [3.63, 3.8) is 0 Å². The van der Waals surface area contributed by atoms with Crippen LogP contribution < -0.4 is 0 Å². The Morgan fingerprint density at radius 3 is 1.73 bits per heavy atom. The number of hydrogen-bond acceptors (Lipinski definition) is 1. The number of rotatable bonds is 10. The fourth-order valence-electron chi connectivity index (χ4n) is 4.20. The molecule has 26 heavy (non-hydrogen) atoms. The normalized spacial score (nSPS) is 12.7. The summed E-state index contributed by atoms with van der Waals surface area (Å²) in [6, 6.07) is 17.5. The van der Waals surface area contributed by atoms with Crippen LogP contribution in [0.3, 0.4) is 0 Å². The third-order valence-corrected chi connectivity index (χ3v) is 5.60. The maximum Gasteiger partial charge on any atom is 0.0712 e. The van der Waals surface area contributed by atoms with Gasteiger partial charge >= 0.3 is 0 Å². The zero-order valence-electron chi connectivity index (χ0n) is 16.5. The van der Waals surface area contributed by atoms with E-state index in [9.17, 15) is 0 Å². The van der Waals surface area contributed by atoms with Crippen molar-refractivity contribution in [3.05, 3.63) is 54.1 Å². The van der Waals surface area contributed by atoms with Crippen LogP contribution in [0.4, 0.5) is 0 Å². The summed E-state index contributed by atoms with van der Waals surface area (Å²) in [6.45, 7) is 4.59. The lowest BCUT2D eigenvalue weighted by Gasteiger charge is -2.21. The second-order valence-electron chi connectivity index (χ2n) is 7.60. The molecule has 0 N–H and O–H groups in total. The van der Waals surface area contributed by atoms with Crippen molar-refractivity contribution in [1.29, 1.82) is 0 Å². The number of nitrogens with zero attached hydrogens (tertiary/aromatic N) is 1. The van der Waals surface area contributed by atoms with Crippen molar-refractivity contribution in [1.82, 2.24) is 4.98 Å². The Morgan fingerprint density at radius 2 is 1.15 bits per heavy atom. The van der Waals surface area contributed by atoms with Crippen LogP contribution in [0.2, 0.25) is 0 Å². The van der Waals surface area contributed by atoms with Crippen LogP contribution >= 0.6 is 0 Å². The van der Waals surface area contributed by atoms with Crippen molar-refractivity contribution >= 4 is 21.8 Å². The molecule has 0 aliphatic heterocycles. The quantitative estimate of drug-likeness (QED) is 0.267. The van der Waals surface area contributed by atoms with Crippen LogP contribution in [-0.2, 0) is 0 Å². The molecule has 0 amide bonds. The molecule has 138 valence electrons. The minimum absolute atomic E-state index is 0.649. The predicted octanol–water partition coefficient (Wildman–Crippen LogP) is 8.02. The maximum absolute atomic E-state index is 4.93. The first kappa shape index (κ1) is 18.9. The van der Waals surface area contributed by atoms with Gasteiger partial charge in [-0.2, -0.15) is 0 Å². The minimum Gasteiger partial charge on any atom is -0.248 e. The van der Waals surface area contributed by atoms with Gasteiger partial charge in [-0.1, -0.05) is 95.2 Å². The van der Waals surface area contributed by atoms with Gasteiger partial charge in [-0.25, -0.2) is 4.98 Å². The van der Waals surface area contributed by atoms with Gasteiger partial charge in [-0.05, 0) is 36.5 Å². The van der Waals surface area contributed by atoms with E-state index in [-0.39, 0.29) is 0 Å². The molecule has 0 fully saturated rings. The average molecular weight is 348 g/mol. The van der Waals surface area contributed by atoms with E-state index in [2.05, 4.69) is 62.4 Å². The highest BCUT2D eigenvalue weighted by atomic mass is 14.7. The molecule has 0 spiro atoms. The van der Waals surface area contributed by atoms with Crippen molar-refractivity contribution in [2.75, 3.05) is 0 Å². The van der Waals surface area contributed by atoms with Gasteiger partial charge in [-0.3, -0.25) is 0 Å². The van der Waals surface area contributed by atoms with Crippen molar-refractivity contribution in [3.8, 4) is 0 Å². The number of benzene rings is 2. The molecule has 3 aromatic rings. The third kappa shape index (κ3) is 4.44. The zero-order valence-corrected chi connectivity index (χ0v) is 16.5. The fraction of sp³-hybridized carbons (Fsp3) is 0.480. The Balaban J connectivity index is 2.02. The Kier molecular flexibility index (Phi) is 7.05. The van der Waals surface area contributed by atoms with Gasteiger partial charge in [-0.15, -0.1) is 0 Å². The number of para-hydroxylation sites is 2. The summed E-state index contributed by atoms with van der Waals surface area (Å²) < 4.78 is 0. The van der Waals surface area contributed by atoms with Gasteiger partial charge in [0.1, 0.15) is 0 Å². The molecule has 1 nitrogen and oxygen atoms in total. The van der Waals surface area contributed by atoms with E-state index in [0.29, 0.717) is 5.92 Å². The first-order chi connectivity index (χ1) is 12.8. The molecule has 0 radical (unpaired) electrons. The molecule has 3 rings (SSSR count). The Labute approximate surface area is 158 Å². The van der Waals surface area contributed by atoms with Crippen LogP contribution in [0.5, 0.6) is 0 Å². The second kappa shape index (κ2) is 9.71. The molecule has 0 bridgehead atoms. The number of fused-ring (bicyclic) bond motifs is 2. The van der Waals surface area contributed by atoms with Crippen LogP contribution in [-0.4, -0.2) is 4.98 Å². The van der Waals surface area contributed by atoms with Gasteiger partial charge in [0.25, 0.3) is 0 Å². The van der Waals surface area contributed by atoms with E-state index < -0.39 is 0 Å². The van der Waals surface area contributed by atoms with Crippen LogP contribution in [0, 0.1) is 0 Å². The molecular formula is C25H33N. The highest BCUT2D eigenvalue weighted by Gasteiger charge is 2.18. The molecule has 1 heteroatoms. The maximum atomic E-state index is 4.93. The lowest BCUT2D eigenvalue weighted by molar-refractivity contribution is 0.505. The molecule has 1 heterocycles. The topological polar surface area (TPSA) is 12.9 Å². The molecule has 1 atom stereocenters. The molecule has 0 aliphatic rings.